The van der Waals surface area contributed by atoms with Crippen molar-refractivity contribution in [2.45, 2.75) is 26.5 Å². The summed E-state index contributed by atoms with van der Waals surface area (Å²) in [6, 6.07) is 17.9. The molecule has 1 unspecified atom stereocenters. The summed E-state index contributed by atoms with van der Waals surface area (Å²) >= 11 is 1.23. The van der Waals surface area contributed by atoms with Crippen LogP contribution in [0.3, 0.4) is 0 Å². The van der Waals surface area contributed by atoms with Gasteiger partial charge in [0, 0.05) is 12.1 Å². The van der Waals surface area contributed by atoms with Gasteiger partial charge in [-0.3, -0.25) is 19.5 Å². The van der Waals surface area contributed by atoms with Crippen LogP contribution in [0.4, 0.5) is 5.69 Å². The second-order valence-electron chi connectivity index (χ2n) is 9.70. The van der Waals surface area contributed by atoms with Crippen LogP contribution in [0.15, 0.2) is 87.8 Å². The number of methoxy groups -OCH3 is 2. The molecular formula is C32H29N3O8S. The Balaban J connectivity index is 1.48. The first-order valence-corrected chi connectivity index (χ1v) is 14.4. The predicted octanol–water partition coefficient (Wildman–Crippen LogP) is 4.30. The van der Waals surface area contributed by atoms with Crippen molar-refractivity contribution in [1.82, 2.24) is 4.57 Å². The molecule has 0 fully saturated rings. The van der Waals surface area contributed by atoms with E-state index >= 15 is 0 Å². The summed E-state index contributed by atoms with van der Waals surface area (Å²) in [6.45, 7) is 3.87. The number of thiazole rings is 1. The quantitative estimate of drug-likeness (QED) is 0.147. The van der Waals surface area contributed by atoms with Crippen molar-refractivity contribution in [3.8, 4) is 17.2 Å². The van der Waals surface area contributed by atoms with Gasteiger partial charge in [-0.1, -0.05) is 29.5 Å². The average molecular weight is 616 g/mol. The van der Waals surface area contributed by atoms with Crippen LogP contribution in [-0.4, -0.2) is 36.3 Å². The monoisotopic (exact) mass is 615 g/mol. The van der Waals surface area contributed by atoms with Gasteiger partial charge in [0.1, 0.15) is 12.4 Å². The number of carbonyl (C=O) groups excluding carboxylic acids is 1. The van der Waals surface area contributed by atoms with Crippen LogP contribution in [0, 0.1) is 10.1 Å². The van der Waals surface area contributed by atoms with E-state index in [-0.39, 0.29) is 30.0 Å². The summed E-state index contributed by atoms with van der Waals surface area (Å²) in [5, 5.41) is 10.9. The highest BCUT2D eigenvalue weighted by Gasteiger charge is 2.34. The SMILES string of the molecule is CCOC(=O)C1=C(C)N=c2s/c(=C/c3ccc(OCc4ccc([N+](=O)[O-])cc4)cc3)c(=O)n2C1c1ccc(OC)c(OC)c1. The number of non-ortho nitro benzene ring substituents is 1. The predicted molar refractivity (Wildman–Crippen MR) is 164 cm³/mol. The summed E-state index contributed by atoms with van der Waals surface area (Å²) in [7, 11) is 3.05. The van der Waals surface area contributed by atoms with Crippen molar-refractivity contribution in [2.75, 3.05) is 20.8 Å². The van der Waals surface area contributed by atoms with Crippen molar-refractivity contribution in [3.63, 3.8) is 0 Å². The van der Waals surface area contributed by atoms with Gasteiger partial charge in [0.25, 0.3) is 11.2 Å². The minimum absolute atomic E-state index is 0.0192. The maximum absolute atomic E-state index is 13.9. The van der Waals surface area contributed by atoms with E-state index in [0.29, 0.717) is 37.8 Å². The van der Waals surface area contributed by atoms with E-state index in [2.05, 4.69) is 4.99 Å². The van der Waals surface area contributed by atoms with Gasteiger partial charge >= 0.3 is 5.97 Å². The zero-order chi connectivity index (χ0) is 31.4. The van der Waals surface area contributed by atoms with Gasteiger partial charge in [-0.2, -0.15) is 0 Å². The van der Waals surface area contributed by atoms with Gasteiger partial charge < -0.3 is 18.9 Å². The molecule has 0 bridgehead atoms. The average Bonchev–Trinajstić information content (AvgIpc) is 3.33. The van der Waals surface area contributed by atoms with E-state index < -0.39 is 16.9 Å². The molecule has 11 nitrogen and oxygen atoms in total. The van der Waals surface area contributed by atoms with Crippen molar-refractivity contribution in [1.29, 1.82) is 0 Å². The Morgan fingerprint density at radius 1 is 1.05 bits per heavy atom. The second kappa shape index (κ2) is 13.0. The molecule has 1 aliphatic rings. The molecule has 0 N–H and O–H groups in total. The summed E-state index contributed by atoms with van der Waals surface area (Å²) in [4.78, 5) is 42.5. The van der Waals surface area contributed by atoms with Crippen LogP contribution in [0.5, 0.6) is 17.2 Å². The molecular weight excluding hydrogens is 586 g/mol. The zero-order valence-electron chi connectivity index (χ0n) is 24.4. The molecule has 0 radical (unpaired) electrons. The van der Waals surface area contributed by atoms with Gasteiger partial charge in [0.2, 0.25) is 0 Å². The molecule has 1 atom stereocenters. The van der Waals surface area contributed by atoms with Crippen molar-refractivity contribution < 1.29 is 28.7 Å². The maximum Gasteiger partial charge on any atom is 0.338 e. The molecule has 0 spiro atoms. The van der Waals surface area contributed by atoms with Crippen LogP contribution in [0.25, 0.3) is 6.08 Å². The van der Waals surface area contributed by atoms with Gasteiger partial charge in [0.05, 0.1) is 47.6 Å². The lowest BCUT2D eigenvalue weighted by molar-refractivity contribution is -0.384. The fourth-order valence-electron chi connectivity index (χ4n) is 4.82. The standard InChI is InChI=1S/C32H29N3O8S/c1-5-42-31(37)28-19(2)33-32-34(29(28)22-10-15-25(40-3)26(17-22)41-4)30(36)27(44-32)16-20-8-13-24(14-9-20)43-18-21-6-11-23(12-7-21)35(38)39/h6-17,29H,5,18H2,1-4H3/b27-16+. The smallest absolute Gasteiger partial charge is 0.338 e. The first-order chi connectivity index (χ1) is 21.2. The molecule has 0 saturated heterocycles. The van der Waals surface area contributed by atoms with Crippen molar-refractivity contribution in [2.24, 2.45) is 4.99 Å². The molecule has 12 heteroatoms. The summed E-state index contributed by atoms with van der Waals surface area (Å²) in [6.07, 6.45) is 1.76. The van der Waals surface area contributed by atoms with E-state index in [4.69, 9.17) is 18.9 Å². The Morgan fingerprint density at radius 2 is 1.75 bits per heavy atom. The lowest BCUT2D eigenvalue weighted by Gasteiger charge is -2.25. The number of esters is 1. The third-order valence-electron chi connectivity index (χ3n) is 6.97. The largest absolute Gasteiger partial charge is 0.493 e. The van der Waals surface area contributed by atoms with Crippen LogP contribution in [0.2, 0.25) is 0 Å². The summed E-state index contributed by atoms with van der Waals surface area (Å²) in [5.41, 5.74) is 2.65. The Kier molecular flexibility index (Phi) is 8.91. The van der Waals surface area contributed by atoms with Gasteiger partial charge in [-0.05, 0) is 73.0 Å². The Morgan fingerprint density at radius 3 is 2.39 bits per heavy atom. The van der Waals surface area contributed by atoms with Crippen molar-refractivity contribution >= 4 is 29.1 Å². The van der Waals surface area contributed by atoms with Crippen LogP contribution < -0.4 is 29.1 Å². The number of aromatic nitrogens is 1. The van der Waals surface area contributed by atoms with Crippen LogP contribution in [0.1, 0.15) is 36.6 Å². The molecule has 5 rings (SSSR count). The Bertz CT molecular complexity index is 1930. The number of benzene rings is 3. The summed E-state index contributed by atoms with van der Waals surface area (Å²) < 4.78 is 24.0. The third kappa shape index (κ3) is 6.11. The van der Waals surface area contributed by atoms with Crippen LogP contribution >= 0.6 is 11.3 Å². The fourth-order valence-corrected chi connectivity index (χ4v) is 5.87. The molecule has 2 heterocycles. The van der Waals surface area contributed by atoms with Gasteiger partial charge in [0.15, 0.2) is 16.3 Å². The highest BCUT2D eigenvalue weighted by molar-refractivity contribution is 7.07. The third-order valence-corrected chi connectivity index (χ3v) is 7.95. The van der Waals surface area contributed by atoms with Crippen LogP contribution in [-0.2, 0) is 16.1 Å². The number of allylic oxidation sites excluding steroid dienone is 1. The molecule has 44 heavy (non-hydrogen) atoms. The number of nitro groups is 1. The molecule has 0 amide bonds. The number of nitro benzene ring substituents is 1. The molecule has 1 aromatic heterocycles. The molecule has 1 aliphatic heterocycles. The number of hydrogen-bond donors (Lipinski definition) is 0. The maximum atomic E-state index is 13.9. The molecule has 4 aromatic rings. The molecule has 226 valence electrons. The van der Waals surface area contributed by atoms with E-state index in [1.54, 1.807) is 62.4 Å². The lowest BCUT2D eigenvalue weighted by atomic mass is 9.95. The van der Waals surface area contributed by atoms with Crippen molar-refractivity contribution in [3.05, 3.63) is 124 Å². The minimum atomic E-state index is -0.789. The van der Waals surface area contributed by atoms with Gasteiger partial charge in [-0.15, -0.1) is 0 Å². The van der Waals surface area contributed by atoms with E-state index in [1.165, 1.54) is 42.3 Å². The van der Waals surface area contributed by atoms with E-state index in [0.717, 1.165) is 11.1 Å². The highest BCUT2D eigenvalue weighted by Crippen LogP contribution is 2.36. The first-order valence-electron chi connectivity index (χ1n) is 13.6. The normalized spacial score (nSPS) is 14.5. The number of ether oxygens (including phenoxy) is 4. The number of rotatable bonds is 10. The lowest BCUT2D eigenvalue weighted by Crippen LogP contribution is -2.39. The topological polar surface area (TPSA) is 131 Å². The van der Waals surface area contributed by atoms with Gasteiger partial charge in [-0.25, -0.2) is 9.79 Å². The summed E-state index contributed by atoms with van der Waals surface area (Å²) in [5.74, 6) is 1.03. The Hall–Kier alpha value is -5.23. The number of nitrogens with zero attached hydrogens (tertiary/aromatic N) is 3. The first kappa shape index (κ1) is 30.2. The molecule has 0 saturated carbocycles. The number of carbonyl (C=O) groups is 1. The number of fused-ring (bicyclic) bond motifs is 1. The zero-order valence-corrected chi connectivity index (χ0v) is 25.3. The number of hydrogen-bond acceptors (Lipinski definition) is 10. The van der Waals surface area contributed by atoms with E-state index in [1.807, 2.05) is 12.1 Å². The minimum Gasteiger partial charge on any atom is -0.493 e. The molecule has 0 aliphatic carbocycles. The Labute approximate surface area is 256 Å². The molecule has 3 aromatic carbocycles. The van der Waals surface area contributed by atoms with E-state index in [9.17, 15) is 19.7 Å². The fraction of sp³-hybridized carbons (Fsp3) is 0.219. The highest BCUT2D eigenvalue weighted by atomic mass is 32.1. The second-order valence-corrected chi connectivity index (χ2v) is 10.7.